The smallest absolute Gasteiger partial charge is 0.306 e. The number of hydrogen-bond donors (Lipinski definition) is 0. The summed E-state index contributed by atoms with van der Waals surface area (Å²) in [5.74, 6) is 0.832. The Balaban J connectivity index is 1.61. The van der Waals surface area contributed by atoms with Crippen molar-refractivity contribution in [3.8, 4) is 0 Å². The minimum atomic E-state index is -0.485. The fraction of sp³-hybridized carbons (Fsp3) is 0.828. The van der Waals surface area contributed by atoms with Gasteiger partial charge in [-0.05, 0) is 79.6 Å². The highest BCUT2D eigenvalue weighted by molar-refractivity contribution is 5.95. The lowest BCUT2D eigenvalue weighted by atomic mass is 9.36. The Morgan fingerprint density at radius 3 is 2.26 bits per heavy atom. The van der Waals surface area contributed by atoms with Crippen LogP contribution in [0.1, 0.15) is 93.4 Å². The molecule has 1 heterocycles. The number of carbonyl (C=O) groups is 3. The van der Waals surface area contributed by atoms with Gasteiger partial charge in [0, 0.05) is 30.6 Å². The highest BCUT2D eigenvalue weighted by Crippen LogP contribution is 2.75. The van der Waals surface area contributed by atoms with Gasteiger partial charge in [-0.2, -0.15) is 0 Å². The lowest BCUT2D eigenvalue weighted by molar-refractivity contribution is -0.224. The van der Waals surface area contributed by atoms with Gasteiger partial charge in [-0.15, -0.1) is 0 Å². The number of ketones is 1. The Morgan fingerprint density at radius 2 is 1.65 bits per heavy atom. The zero-order valence-electron chi connectivity index (χ0n) is 22.0. The minimum Gasteiger partial charge on any atom is -0.462 e. The quantitative estimate of drug-likeness (QED) is 0.488. The van der Waals surface area contributed by atoms with E-state index in [-0.39, 0.29) is 63.2 Å². The third-order valence-electron chi connectivity index (χ3n) is 11.9. The van der Waals surface area contributed by atoms with E-state index in [2.05, 4.69) is 47.6 Å². The number of ether oxygens (including phenoxy) is 2. The molecule has 0 N–H and O–H groups in total. The van der Waals surface area contributed by atoms with E-state index in [1.54, 1.807) is 0 Å². The Kier molecular flexibility index (Phi) is 5.09. The van der Waals surface area contributed by atoms with E-state index in [0.717, 1.165) is 38.5 Å². The molecule has 0 aromatic carbocycles. The fourth-order valence-corrected chi connectivity index (χ4v) is 10.0. The summed E-state index contributed by atoms with van der Waals surface area (Å²) in [6.45, 7) is 15.1. The molecular formula is C29H42O5. The molecule has 0 aromatic rings. The largest absolute Gasteiger partial charge is 0.462 e. The number of fused-ring (bicyclic) bond motifs is 5. The van der Waals surface area contributed by atoms with Crippen LogP contribution in [0.25, 0.3) is 0 Å². The van der Waals surface area contributed by atoms with Crippen LogP contribution in [0.4, 0.5) is 0 Å². The first-order valence-corrected chi connectivity index (χ1v) is 13.3. The summed E-state index contributed by atoms with van der Waals surface area (Å²) in [4.78, 5) is 37.4. The number of allylic oxidation sites excluding steroid dienone is 2. The first-order valence-electron chi connectivity index (χ1n) is 13.3. The standard InChI is InChI=1S/C29H42O5/c1-17(30)33-19-16-21-26(4)12-10-22(31)25(2,3)20(26)9-14-27(21,5)28(6)13-8-18(24(19)28)29(7)15-11-23(32)34-29/h10,12,18-21,24H,8-9,11,13-16H2,1-7H3. The van der Waals surface area contributed by atoms with Crippen molar-refractivity contribution in [2.75, 3.05) is 0 Å². The molecule has 1 aliphatic heterocycles. The lowest BCUT2D eigenvalue weighted by Gasteiger charge is -2.68. The first-order chi connectivity index (χ1) is 15.7. The molecule has 1 saturated heterocycles. The summed E-state index contributed by atoms with van der Waals surface area (Å²) in [7, 11) is 0. The van der Waals surface area contributed by atoms with Crippen LogP contribution in [0, 0.1) is 45.3 Å². The van der Waals surface area contributed by atoms with Gasteiger partial charge in [-0.1, -0.05) is 40.7 Å². The normalized spacial score (nSPS) is 51.3. The van der Waals surface area contributed by atoms with Crippen LogP contribution in [-0.4, -0.2) is 29.4 Å². The third kappa shape index (κ3) is 2.94. The van der Waals surface area contributed by atoms with E-state index in [0.29, 0.717) is 12.3 Å². The molecule has 5 aliphatic rings. The fourth-order valence-electron chi connectivity index (χ4n) is 10.0. The van der Waals surface area contributed by atoms with Crippen LogP contribution in [-0.2, 0) is 23.9 Å². The van der Waals surface area contributed by atoms with Crippen LogP contribution >= 0.6 is 0 Å². The van der Waals surface area contributed by atoms with E-state index in [1.165, 1.54) is 6.92 Å². The van der Waals surface area contributed by atoms with Crippen molar-refractivity contribution in [3.63, 3.8) is 0 Å². The second kappa shape index (κ2) is 7.20. The molecular weight excluding hydrogens is 428 g/mol. The summed E-state index contributed by atoms with van der Waals surface area (Å²) in [6.07, 6.45) is 10.00. The van der Waals surface area contributed by atoms with Crippen LogP contribution in [0.5, 0.6) is 0 Å². The minimum absolute atomic E-state index is 0.0356. The molecule has 0 bridgehead atoms. The Morgan fingerprint density at radius 1 is 0.971 bits per heavy atom. The third-order valence-corrected chi connectivity index (χ3v) is 11.9. The van der Waals surface area contributed by atoms with Crippen LogP contribution in [0.15, 0.2) is 12.2 Å². The number of esters is 2. The number of carbonyl (C=O) groups excluding carboxylic acids is 3. The number of cyclic esters (lactones) is 1. The van der Waals surface area contributed by atoms with Crippen LogP contribution in [0.2, 0.25) is 0 Å². The zero-order chi connectivity index (χ0) is 24.9. The van der Waals surface area contributed by atoms with Crippen LogP contribution in [0.3, 0.4) is 0 Å². The molecule has 5 nitrogen and oxygen atoms in total. The topological polar surface area (TPSA) is 69.7 Å². The predicted molar refractivity (Wildman–Crippen MR) is 129 cm³/mol. The second-order valence-corrected chi connectivity index (χ2v) is 13.6. The predicted octanol–water partition coefficient (Wildman–Crippen LogP) is 5.65. The van der Waals surface area contributed by atoms with E-state index < -0.39 is 5.60 Å². The average molecular weight is 471 g/mol. The van der Waals surface area contributed by atoms with E-state index in [1.807, 2.05) is 6.08 Å². The molecule has 9 unspecified atom stereocenters. The monoisotopic (exact) mass is 470 g/mol. The number of rotatable bonds is 2. The van der Waals surface area contributed by atoms with Gasteiger partial charge in [-0.3, -0.25) is 14.4 Å². The highest BCUT2D eigenvalue weighted by Gasteiger charge is 2.72. The van der Waals surface area contributed by atoms with Gasteiger partial charge in [0.05, 0.1) is 0 Å². The molecule has 4 aliphatic carbocycles. The zero-order valence-corrected chi connectivity index (χ0v) is 22.0. The SMILES string of the molecule is CC(=O)OC1CC2C3(C)C=CC(=O)C(C)(C)C3CCC2(C)C2(C)CCC(C3(C)CCC(=O)O3)C12. The maximum Gasteiger partial charge on any atom is 0.306 e. The summed E-state index contributed by atoms with van der Waals surface area (Å²) < 4.78 is 12.1. The molecule has 0 aromatic heterocycles. The lowest BCUT2D eigenvalue weighted by Crippen LogP contribution is -2.65. The van der Waals surface area contributed by atoms with Crippen molar-refractivity contribution >= 4 is 17.7 Å². The summed E-state index contributed by atoms with van der Waals surface area (Å²) in [5, 5.41) is 0. The molecule has 5 rings (SSSR count). The van der Waals surface area contributed by atoms with E-state index >= 15 is 0 Å². The van der Waals surface area contributed by atoms with Crippen molar-refractivity contribution in [1.82, 2.24) is 0 Å². The molecule has 0 radical (unpaired) electrons. The van der Waals surface area contributed by atoms with Crippen molar-refractivity contribution in [3.05, 3.63) is 12.2 Å². The second-order valence-electron chi connectivity index (χ2n) is 13.6. The number of hydrogen-bond acceptors (Lipinski definition) is 5. The molecule has 34 heavy (non-hydrogen) atoms. The summed E-state index contributed by atoms with van der Waals surface area (Å²) in [6, 6.07) is 0. The van der Waals surface area contributed by atoms with E-state index in [9.17, 15) is 14.4 Å². The van der Waals surface area contributed by atoms with Gasteiger partial charge in [0.15, 0.2) is 5.78 Å². The van der Waals surface area contributed by atoms with Gasteiger partial charge < -0.3 is 9.47 Å². The van der Waals surface area contributed by atoms with Gasteiger partial charge in [0.25, 0.3) is 0 Å². The van der Waals surface area contributed by atoms with Crippen molar-refractivity contribution < 1.29 is 23.9 Å². The maximum atomic E-state index is 12.9. The van der Waals surface area contributed by atoms with Crippen molar-refractivity contribution in [2.45, 2.75) is 105 Å². The van der Waals surface area contributed by atoms with Gasteiger partial charge in [0.2, 0.25) is 0 Å². The first kappa shape index (κ1) is 24.1. The average Bonchev–Trinajstić information content (AvgIpc) is 3.28. The highest BCUT2D eigenvalue weighted by atomic mass is 16.6. The molecule has 188 valence electrons. The summed E-state index contributed by atoms with van der Waals surface area (Å²) >= 11 is 0. The summed E-state index contributed by atoms with van der Waals surface area (Å²) in [5.41, 5.74) is -0.983. The Hall–Kier alpha value is -1.65. The molecule has 9 atom stereocenters. The molecule has 5 heteroatoms. The molecule has 4 fully saturated rings. The molecule has 0 spiro atoms. The Bertz CT molecular complexity index is 966. The van der Waals surface area contributed by atoms with Gasteiger partial charge >= 0.3 is 11.9 Å². The van der Waals surface area contributed by atoms with E-state index in [4.69, 9.17) is 9.47 Å². The Labute approximate surface area is 204 Å². The molecule has 3 saturated carbocycles. The maximum absolute atomic E-state index is 12.9. The van der Waals surface area contributed by atoms with Gasteiger partial charge in [0.1, 0.15) is 11.7 Å². The van der Waals surface area contributed by atoms with Crippen molar-refractivity contribution in [1.29, 1.82) is 0 Å². The molecule has 0 amide bonds. The van der Waals surface area contributed by atoms with Gasteiger partial charge in [-0.25, -0.2) is 0 Å². The van der Waals surface area contributed by atoms with Crippen molar-refractivity contribution in [2.24, 2.45) is 45.3 Å². The van der Waals surface area contributed by atoms with Crippen LogP contribution < -0.4 is 0 Å².